The Hall–Kier alpha value is -4.64. The van der Waals surface area contributed by atoms with Gasteiger partial charge < -0.3 is 20.3 Å². The fraction of sp³-hybridized carbons (Fsp3) is 0.120. The number of phenolic OH excluding ortho intramolecular Hbond substituents is 1. The van der Waals surface area contributed by atoms with Gasteiger partial charge in [-0.05, 0) is 66.4 Å². The average molecular weight is 602 g/mol. The van der Waals surface area contributed by atoms with Crippen LogP contribution in [0.2, 0.25) is 0 Å². The van der Waals surface area contributed by atoms with Crippen molar-refractivity contribution in [3.63, 3.8) is 0 Å². The number of azo groups is 2. The van der Waals surface area contributed by atoms with Gasteiger partial charge in [0.05, 0.1) is 30.5 Å². The summed E-state index contributed by atoms with van der Waals surface area (Å²) in [7, 11) is -6.83. The Morgan fingerprint density at radius 3 is 2.02 bits per heavy atom. The van der Waals surface area contributed by atoms with Crippen LogP contribution in [0.15, 0.2) is 84.8 Å². The molecule has 0 spiro atoms. The zero-order valence-corrected chi connectivity index (χ0v) is 23.3. The third kappa shape index (κ3) is 6.25. The number of ether oxygens (including phenoxy) is 2. The van der Waals surface area contributed by atoms with Crippen LogP contribution in [0.5, 0.6) is 17.2 Å². The Morgan fingerprint density at radius 1 is 0.780 bits per heavy atom. The zero-order valence-electron chi connectivity index (χ0n) is 21.7. The molecule has 0 unspecified atom stereocenters. The van der Waals surface area contributed by atoms with Crippen molar-refractivity contribution in [2.24, 2.45) is 20.5 Å². The van der Waals surface area contributed by atoms with Gasteiger partial charge in [0.15, 0.2) is 5.75 Å². The Balaban J connectivity index is 1.80. The first kappa shape index (κ1) is 29.3. The molecule has 214 valence electrons. The van der Waals surface area contributed by atoms with Gasteiger partial charge in [-0.3, -0.25) is 9.11 Å². The standard InChI is InChI=1S/C25H23N5O9S2/c1-13-8-20(21(39-3)12-19(13)28-27-15-4-6-16(38-2)7-5-15)29-30-24-22(41(35,36)37)10-14-9-17(40(32,33)34)11-18(26)23(14)25(24)31/h4-12,31H,26H2,1-3H3,(H,32,33,34)(H,35,36,37). The topological polar surface area (TPSA) is 223 Å². The van der Waals surface area contributed by atoms with E-state index < -0.39 is 41.5 Å². The molecule has 0 fully saturated rings. The first-order valence-corrected chi connectivity index (χ1v) is 14.3. The number of fused-ring (bicyclic) bond motifs is 1. The molecule has 0 saturated carbocycles. The number of phenols is 1. The summed E-state index contributed by atoms with van der Waals surface area (Å²) in [6, 6.07) is 12.5. The second-order valence-electron chi connectivity index (χ2n) is 8.54. The number of aromatic hydroxyl groups is 1. The van der Waals surface area contributed by atoms with E-state index in [4.69, 9.17) is 15.2 Å². The summed E-state index contributed by atoms with van der Waals surface area (Å²) in [4.78, 5) is -1.54. The molecule has 0 aliphatic heterocycles. The lowest BCUT2D eigenvalue weighted by atomic mass is 10.1. The van der Waals surface area contributed by atoms with E-state index in [0.29, 0.717) is 22.7 Å². The van der Waals surface area contributed by atoms with Gasteiger partial charge in [-0.2, -0.15) is 27.1 Å². The summed E-state index contributed by atoms with van der Waals surface area (Å²) in [6.45, 7) is 1.71. The number of nitrogen functional groups attached to an aromatic ring is 1. The lowest BCUT2D eigenvalue weighted by Crippen LogP contribution is -2.02. The molecule has 0 amide bonds. The molecule has 0 radical (unpaired) electrons. The van der Waals surface area contributed by atoms with E-state index in [0.717, 1.165) is 18.2 Å². The fourth-order valence-electron chi connectivity index (χ4n) is 3.81. The van der Waals surface area contributed by atoms with Crippen molar-refractivity contribution in [3.05, 3.63) is 60.2 Å². The molecule has 0 atom stereocenters. The highest BCUT2D eigenvalue weighted by Gasteiger charge is 2.25. The van der Waals surface area contributed by atoms with E-state index in [1.807, 2.05) is 0 Å². The van der Waals surface area contributed by atoms with Crippen molar-refractivity contribution >= 4 is 59.4 Å². The predicted octanol–water partition coefficient (Wildman–Crippen LogP) is 5.78. The number of nitrogens with zero attached hydrogens (tertiary/aromatic N) is 4. The van der Waals surface area contributed by atoms with Crippen molar-refractivity contribution < 1.29 is 40.5 Å². The number of nitrogens with two attached hydrogens (primary N) is 1. The van der Waals surface area contributed by atoms with Gasteiger partial charge in [0.25, 0.3) is 20.2 Å². The van der Waals surface area contributed by atoms with Crippen molar-refractivity contribution in [2.45, 2.75) is 16.7 Å². The van der Waals surface area contributed by atoms with E-state index in [9.17, 15) is 31.0 Å². The Bertz CT molecular complexity index is 1940. The van der Waals surface area contributed by atoms with Crippen LogP contribution < -0.4 is 15.2 Å². The number of hydrogen-bond acceptors (Lipinski definition) is 12. The normalized spacial score (nSPS) is 12.4. The smallest absolute Gasteiger partial charge is 0.296 e. The van der Waals surface area contributed by atoms with E-state index >= 15 is 0 Å². The molecule has 0 aliphatic carbocycles. The van der Waals surface area contributed by atoms with Gasteiger partial charge in [-0.15, -0.1) is 10.2 Å². The molecule has 14 nitrogen and oxygen atoms in total. The van der Waals surface area contributed by atoms with Crippen LogP contribution in [0, 0.1) is 6.92 Å². The molecule has 0 heterocycles. The molecule has 16 heteroatoms. The molecule has 4 aromatic carbocycles. The summed E-state index contributed by atoms with van der Waals surface area (Å²) >= 11 is 0. The molecule has 0 aliphatic rings. The number of hydrogen-bond donors (Lipinski definition) is 4. The van der Waals surface area contributed by atoms with Gasteiger partial charge in [-0.1, -0.05) is 0 Å². The molecule has 41 heavy (non-hydrogen) atoms. The van der Waals surface area contributed by atoms with E-state index in [1.54, 1.807) is 38.3 Å². The lowest BCUT2D eigenvalue weighted by Gasteiger charge is -2.12. The van der Waals surface area contributed by atoms with Gasteiger partial charge in [0, 0.05) is 17.1 Å². The zero-order chi connectivity index (χ0) is 30.1. The largest absolute Gasteiger partial charge is 0.505 e. The average Bonchev–Trinajstić information content (AvgIpc) is 2.90. The summed E-state index contributed by atoms with van der Waals surface area (Å²) in [6.07, 6.45) is 0. The van der Waals surface area contributed by atoms with Gasteiger partial charge >= 0.3 is 0 Å². The fourth-order valence-corrected chi connectivity index (χ4v) is 5.02. The van der Waals surface area contributed by atoms with Gasteiger partial charge in [0.1, 0.15) is 27.8 Å². The number of aryl methyl sites for hydroxylation is 1. The second kappa shape index (κ2) is 11.1. The van der Waals surface area contributed by atoms with Crippen LogP contribution in [-0.4, -0.2) is 45.3 Å². The highest BCUT2D eigenvalue weighted by molar-refractivity contribution is 7.86. The van der Waals surface area contributed by atoms with Crippen molar-refractivity contribution in [1.82, 2.24) is 0 Å². The number of benzene rings is 4. The Labute approximate surface area is 234 Å². The maximum atomic E-state index is 12.2. The maximum absolute atomic E-state index is 12.2. The molecular weight excluding hydrogens is 578 g/mol. The van der Waals surface area contributed by atoms with Crippen LogP contribution in [0.1, 0.15) is 5.56 Å². The van der Waals surface area contributed by atoms with Crippen LogP contribution >= 0.6 is 0 Å². The quantitative estimate of drug-likeness (QED) is 0.108. The Kier molecular flexibility index (Phi) is 7.94. The summed E-state index contributed by atoms with van der Waals surface area (Å²) in [5.74, 6) is 0.0320. The second-order valence-corrected chi connectivity index (χ2v) is 11.4. The van der Waals surface area contributed by atoms with E-state index in [1.165, 1.54) is 19.2 Å². The number of methoxy groups -OCH3 is 2. The van der Waals surface area contributed by atoms with Crippen molar-refractivity contribution in [2.75, 3.05) is 20.0 Å². The minimum absolute atomic E-state index is 0.115. The third-order valence-electron chi connectivity index (χ3n) is 5.83. The van der Waals surface area contributed by atoms with Gasteiger partial charge in [0.2, 0.25) is 0 Å². The summed E-state index contributed by atoms with van der Waals surface area (Å²) in [5.41, 5.74) is 6.62. The first-order valence-electron chi connectivity index (χ1n) is 11.4. The lowest BCUT2D eigenvalue weighted by molar-refractivity contribution is 0.415. The third-order valence-corrected chi connectivity index (χ3v) is 7.53. The monoisotopic (exact) mass is 601 g/mol. The molecule has 4 aromatic rings. The summed E-state index contributed by atoms with van der Waals surface area (Å²) in [5, 5.41) is 26.8. The van der Waals surface area contributed by atoms with Crippen LogP contribution in [0.4, 0.5) is 28.4 Å². The molecule has 0 aromatic heterocycles. The van der Waals surface area contributed by atoms with E-state index in [2.05, 4.69) is 20.5 Å². The van der Waals surface area contributed by atoms with Crippen LogP contribution in [-0.2, 0) is 20.2 Å². The minimum atomic E-state index is -5.01. The molecule has 0 saturated heterocycles. The number of rotatable bonds is 8. The van der Waals surface area contributed by atoms with E-state index in [-0.39, 0.29) is 27.9 Å². The molecular formula is C25H23N5O9S2. The highest BCUT2D eigenvalue weighted by Crippen LogP contribution is 2.45. The molecule has 0 bridgehead atoms. The van der Waals surface area contributed by atoms with Gasteiger partial charge in [-0.25, -0.2) is 0 Å². The number of anilines is 1. The molecule has 4 rings (SSSR count). The Morgan fingerprint density at radius 2 is 1.44 bits per heavy atom. The van der Waals surface area contributed by atoms with Crippen LogP contribution in [0.25, 0.3) is 10.8 Å². The first-order chi connectivity index (χ1) is 19.2. The molecule has 5 N–H and O–H groups in total. The minimum Gasteiger partial charge on any atom is -0.505 e. The summed E-state index contributed by atoms with van der Waals surface area (Å²) < 4.78 is 77.2. The maximum Gasteiger partial charge on any atom is 0.296 e. The van der Waals surface area contributed by atoms with Crippen LogP contribution in [0.3, 0.4) is 0 Å². The van der Waals surface area contributed by atoms with Crippen molar-refractivity contribution in [3.8, 4) is 17.2 Å². The van der Waals surface area contributed by atoms with Crippen molar-refractivity contribution in [1.29, 1.82) is 0 Å². The predicted molar refractivity (Wildman–Crippen MR) is 149 cm³/mol. The highest BCUT2D eigenvalue weighted by atomic mass is 32.2. The SMILES string of the molecule is COc1ccc(N=Nc2cc(OC)c(N=Nc3c(S(=O)(=O)O)cc4cc(S(=O)(=O)O)cc(N)c4c3O)cc2C)cc1.